The Morgan fingerprint density at radius 1 is 1.12 bits per heavy atom. The molecule has 0 N–H and O–H groups in total. The summed E-state index contributed by atoms with van der Waals surface area (Å²) in [5, 5.41) is 13.4. The van der Waals surface area contributed by atoms with Crippen LogP contribution in [0.3, 0.4) is 0 Å². The van der Waals surface area contributed by atoms with Crippen molar-refractivity contribution in [2.24, 2.45) is 0 Å². The maximum absolute atomic E-state index is 12.6. The lowest BCUT2D eigenvalue weighted by atomic mass is 10.0. The van der Waals surface area contributed by atoms with Crippen molar-refractivity contribution in [3.8, 4) is 11.3 Å². The quantitative estimate of drug-likeness (QED) is 0.353. The van der Waals surface area contributed by atoms with Gasteiger partial charge in [-0.2, -0.15) is 0 Å². The summed E-state index contributed by atoms with van der Waals surface area (Å²) in [7, 11) is 0. The number of aromatic nitrogens is 3. The van der Waals surface area contributed by atoms with Crippen LogP contribution in [0, 0.1) is 0 Å². The van der Waals surface area contributed by atoms with Crippen LogP contribution in [0.4, 0.5) is 0 Å². The van der Waals surface area contributed by atoms with Crippen LogP contribution in [0.2, 0.25) is 0 Å². The van der Waals surface area contributed by atoms with Crippen molar-refractivity contribution in [3.63, 3.8) is 0 Å². The molecule has 5 aromatic rings. The minimum absolute atomic E-state index is 0.349. The van der Waals surface area contributed by atoms with Gasteiger partial charge in [0.2, 0.25) is 4.96 Å². The summed E-state index contributed by atoms with van der Waals surface area (Å²) in [6.45, 7) is 2.02. The highest BCUT2D eigenvalue weighted by Gasteiger charge is 2.17. The Balaban J connectivity index is 1.89. The van der Waals surface area contributed by atoms with E-state index >= 15 is 0 Å². The summed E-state index contributed by atoms with van der Waals surface area (Å²) in [5.41, 5.74) is 1.56. The molecule has 3 heterocycles. The van der Waals surface area contributed by atoms with E-state index in [0.717, 1.165) is 39.1 Å². The van der Waals surface area contributed by atoms with Crippen LogP contribution in [0.1, 0.15) is 12.7 Å². The van der Waals surface area contributed by atoms with E-state index in [1.165, 1.54) is 11.3 Å². The minimum Gasteiger partial charge on any atom is -0.422 e. The van der Waals surface area contributed by atoms with Crippen LogP contribution < -0.4 is 5.63 Å². The fraction of sp³-hybridized carbons (Fsp3) is 0.105. The van der Waals surface area contributed by atoms with Crippen molar-refractivity contribution in [1.82, 2.24) is 14.6 Å². The average molecular weight is 347 g/mol. The lowest BCUT2D eigenvalue weighted by molar-refractivity contribution is 0.563. The SMILES string of the molecule is CCc1nnc2scc(-c3cc4c(ccc5ccccc54)oc3=O)n12. The molecular weight excluding hydrogens is 334 g/mol. The molecule has 0 aliphatic rings. The van der Waals surface area contributed by atoms with Gasteiger partial charge in [-0.05, 0) is 22.9 Å². The second-order valence-corrected chi connectivity index (χ2v) is 6.69. The Labute approximate surface area is 146 Å². The fourth-order valence-corrected chi connectivity index (χ4v) is 4.09. The van der Waals surface area contributed by atoms with Crippen molar-refractivity contribution in [3.05, 3.63) is 64.1 Å². The molecule has 0 aliphatic heterocycles. The number of benzene rings is 2. The average Bonchev–Trinajstić information content (AvgIpc) is 3.23. The number of hydrogen-bond acceptors (Lipinski definition) is 5. The molecule has 0 radical (unpaired) electrons. The third-order valence-corrected chi connectivity index (χ3v) is 5.27. The summed E-state index contributed by atoms with van der Waals surface area (Å²) in [5.74, 6) is 0.837. The molecular formula is C19H13N3O2S. The number of nitrogens with zero attached hydrogens (tertiary/aromatic N) is 3. The van der Waals surface area contributed by atoms with Crippen LogP contribution in [0.5, 0.6) is 0 Å². The predicted molar refractivity (Wildman–Crippen MR) is 99.2 cm³/mol. The normalized spacial score (nSPS) is 11.7. The Bertz CT molecular complexity index is 1310. The van der Waals surface area contributed by atoms with Gasteiger partial charge in [-0.15, -0.1) is 21.5 Å². The van der Waals surface area contributed by atoms with Gasteiger partial charge in [-0.1, -0.05) is 37.3 Å². The molecule has 0 aliphatic carbocycles. The highest BCUT2D eigenvalue weighted by atomic mass is 32.1. The number of hydrogen-bond donors (Lipinski definition) is 0. The second-order valence-electron chi connectivity index (χ2n) is 5.85. The molecule has 0 saturated carbocycles. The zero-order chi connectivity index (χ0) is 17.0. The van der Waals surface area contributed by atoms with E-state index < -0.39 is 0 Å². The van der Waals surface area contributed by atoms with Crippen molar-refractivity contribution < 1.29 is 4.42 Å². The van der Waals surface area contributed by atoms with E-state index in [4.69, 9.17) is 4.42 Å². The first-order chi connectivity index (χ1) is 12.3. The molecule has 0 amide bonds. The maximum Gasteiger partial charge on any atom is 0.345 e. The number of rotatable bonds is 2. The third-order valence-electron chi connectivity index (χ3n) is 4.45. The Kier molecular flexibility index (Phi) is 3.02. The summed E-state index contributed by atoms with van der Waals surface area (Å²) in [6.07, 6.45) is 0.743. The van der Waals surface area contributed by atoms with Gasteiger partial charge < -0.3 is 4.42 Å². The monoisotopic (exact) mass is 347 g/mol. The van der Waals surface area contributed by atoms with Crippen LogP contribution >= 0.6 is 11.3 Å². The maximum atomic E-state index is 12.6. The second kappa shape index (κ2) is 5.26. The Morgan fingerprint density at radius 3 is 2.88 bits per heavy atom. The van der Waals surface area contributed by atoms with Gasteiger partial charge >= 0.3 is 5.63 Å². The smallest absolute Gasteiger partial charge is 0.345 e. The number of thiazole rings is 1. The van der Waals surface area contributed by atoms with Gasteiger partial charge in [0, 0.05) is 17.2 Å². The Morgan fingerprint density at radius 2 is 2.00 bits per heavy atom. The summed E-state index contributed by atoms with van der Waals surface area (Å²) in [6, 6.07) is 13.8. The zero-order valence-electron chi connectivity index (χ0n) is 13.4. The predicted octanol–water partition coefficient (Wildman–Crippen LogP) is 4.28. The molecule has 25 heavy (non-hydrogen) atoms. The topological polar surface area (TPSA) is 60.4 Å². The molecule has 0 atom stereocenters. The fourth-order valence-electron chi connectivity index (χ4n) is 3.24. The highest BCUT2D eigenvalue weighted by molar-refractivity contribution is 7.15. The zero-order valence-corrected chi connectivity index (χ0v) is 14.2. The van der Waals surface area contributed by atoms with Crippen molar-refractivity contribution >= 4 is 38.0 Å². The molecule has 6 heteroatoms. The van der Waals surface area contributed by atoms with Gasteiger partial charge in [0.15, 0.2) is 0 Å². The van der Waals surface area contributed by atoms with Crippen LogP contribution in [-0.2, 0) is 6.42 Å². The first-order valence-corrected chi connectivity index (χ1v) is 8.91. The van der Waals surface area contributed by atoms with E-state index in [-0.39, 0.29) is 5.63 Å². The molecule has 0 fully saturated rings. The summed E-state index contributed by atoms with van der Waals surface area (Å²) in [4.78, 5) is 13.4. The lowest BCUT2D eigenvalue weighted by Gasteiger charge is -2.06. The van der Waals surface area contributed by atoms with Gasteiger partial charge in [0.1, 0.15) is 11.4 Å². The minimum atomic E-state index is -0.349. The van der Waals surface area contributed by atoms with Gasteiger partial charge in [0.05, 0.1) is 11.3 Å². The van der Waals surface area contributed by atoms with E-state index in [0.29, 0.717) is 11.1 Å². The van der Waals surface area contributed by atoms with Gasteiger partial charge in [-0.3, -0.25) is 4.40 Å². The van der Waals surface area contributed by atoms with Crippen LogP contribution in [0.15, 0.2) is 57.1 Å². The van der Waals surface area contributed by atoms with Gasteiger partial charge in [0.25, 0.3) is 0 Å². The molecule has 3 aromatic heterocycles. The summed E-state index contributed by atoms with van der Waals surface area (Å²) >= 11 is 1.47. The number of fused-ring (bicyclic) bond motifs is 4. The lowest BCUT2D eigenvalue weighted by Crippen LogP contribution is -2.05. The molecule has 0 unspecified atom stereocenters. The van der Waals surface area contributed by atoms with Crippen molar-refractivity contribution in [1.29, 1.82) is 0 Å². The molecule has 5 rings (SSSR count). The molecule has 122 valence electrons. The molecule has 0 bridgehead atoms. The highest BCUT2D eigenvalue weighted by Crippen LogP contribution is 2.30. The van der Waals surface area contributed by atoms with Gasteiger partial charge in [-0.25, -0.2) is 4.79 Å². The van der Waals surface area contributed by atoms with Crippen LogP contribution in [0.25, 0.3) is 38.0 Å². The largest absolute Gasteiger partial charge is 0.422 e. The molecule has 2 aromatic carbocycles. The van der Waals surface area contributed by atoms with E-state index in [1.807, 2.05) is 53.1 Å². The first-order valence-electron chi connectivity index (χ1n) is 8.03. The standard InChI is InChI=1S/C19H13N3O2S/c1-2-17-20-21-19-22(17)15(10-25-19)14-9-13-12-6-4-3-5-11(12)7-8-16(13)24-18(14)23/h3-10H,2H2,1H3. The third kappa shape index (κ3) is 2.04. The Hall–Kier alpha value is -2.99. The van der Waals surface area contributed by atoms with E-state index in [1.54, 1.807) is 0 Å². The first kappa shape index (κ1) is 14.4. The van der Waals surface area contributed by atoms with Crippen LogP contribution in [-0.4, -0.2) is 14.6 Å². The molecule has 0 saturated heterocycles. The molecule has 0 spiro atoms. The van der Waals surface area contributed by atoms with Crippen molar-refractivity contribution in [2.75, 3.05) is 0 Å². The van der Waals surface area contributed by atoms with Crippen molar-refractivity contribution in [2.45, 2.75) is 13.3 Å². The summed E-state index contributed by atoms with van der Waals surface area (Å²) < 4.78 is 7.56. The molecule has 5 nitrogen and oxygen atoms in total. The van der Waals surface area contributed by atoms with E-state index in [9.17, 15) is 4.79 Å². The van der Waals surface area contributed by atoms with E-state index in [2.05, 4.69) is 16.3 Å². The number of aryl methyl sites for hydroxylation is 1.